The standard InChI is InChI=1S/C13H19NO2/c1-13(2,3)11(9-15)14-12(16)10-7-5-4-6-8-10/h4-8,11,15H,9H2,1-3H3,(H,14,16)/t11-/m1/s1. The third kappa shape index (κ3) is 3.35. The number of carbonyl (C=O) groups excluding carboxylic acids is 1. The number of amides is 1. The monoisotopic (exact) mass is 221 g/mol. The van der Waals surface area contributed by atoms with Crippen molar-refractivity contribution >= 4 is 5.91 Å². The fourth-order valence-electron chi connectivity index (χ4n) is 1.37. The molecular formula is C13H19NO2. The lowest BCUT2D eigenvalue weighted by Crippen LogP contribution is -2.46. The van der Waals surface area contributed by atoms with Crippen molar-refractivity contribution in [1.29, 1.82) is 0 Å². The smallest absolute Gasteiger partial charge is 0.251 e. The van der Waals surface area contributed by atoms with Gasteiger partial charge in [-0.25, -0.2) is 0 Å². The maximum absolute atomic E-state index is 11.8. The quantitative estimate of drug-likeness (QED) is 0.818. The summed E-state index contributed by atoms with van der Waals surface area (Å²) in [6.45, 7) is 5.90. The lowest BCUT2D eigenvalue weighted by molar-refractivity contribution is 0.0848. The molecule has 1 rings (SSSR count). The summed E-state index contributed by atoms with van der Waals surface area (Å²) in [6.07, 6.45) is 0. The Hall–Kier alpha value is -1.35. The largest absolute Gasteiger partial charge is 0.394 e. The lowest BCUT2D eigenvalue weighted by atomic mass is 9.87. The summed E-state index contributed by atoms with van der Waals surface area (Å²) in [7, 11) is 0. The van der Waals surface area contributed by atoms with Gasteiger partial charge in [0.25, 0.3) is 5.91 Å². The van der Waals surface area contributed by atoms with Crippen LogP contribution in [0.5, 0.6) is 0 Å². The van der Waals surface area contributed by atoms with Gasteiger partial charge in [-0.3, -0.25) is 4.79 Å². The van der Waals surface area contributed by atoms with Crippen molar-refractivity contribution in [2.24, 2.45) is 5.41 Å². The van der Waals surface area contributed by atoms with Crippen LogP contribution in [0.3, 0.4) is 0 Å². The second-order valence-corrected chi connectivity index (χ2v) is 4.94. The summed E-state index contributed by atoms with van der Waals surface area (Å²) in [5, 5.41) is 12.1. The number of aliphatic hydroxyl groups is 1. The van der Waals surface area contributed by atoms with Crippen LogP contribution in [0.2, 0.25) is 0 Å². The molecule has 0 heterocycles. The van der Waals surface area contributed by atoms with Crippen molar-refractivity contribution in [2.75, 3.05) is 6.61 Å². The van der Waals surface area contributed by atoms with E-state index in [0.29, 0.717) is 5.56 Å². The second-order valence-electron chi connectivity index (χ2n) is 4.94. The molecular weight excluding hydrogens is 202 g/mol. The van der Waals surface area contributed by atoms with Crippen LogP contribution in [0.1, 0.15) is 31.1 Å². The Labute approximate surface area is 96.5 Å². The molecule has 0 radical (unpaired) electrons. The average molecular weight is 221 g/mol. The van der Waals surface area contributed by atoms with E-state index in [1.54, 1.807) is 12.1 Å². The number of carbonyl (C=O) groups is 1. The first-order valence-corrected chi connectivity index (χ1v) is 5.42. The van der Waals surface area contributed by atoms with Crippen LogP contribution >= 0.6 is 0 Å². The molecule has 0 saturated heterocycles. The molecule has 3 heteroatoms. The second kappa shape index (κ2) is 5.12. The number of hydrogen-bond acceptors (Lipinski definition) is 2. The summed E-state index contributed by atoms with van der Waals surface area (Å²) in [4.78, 5) is 11.8. The van der Waals surface area contributed by atoms with E-state index in [-0.39, 0.29) is 24.0 Å². The third-order valence-electron chi connectivity index (χ3n) is 2.57. The van der Waals surface area contributed by atoms with Crippen molar-refractivity contribution in [3.05, 3.63) is 35.9 Å². The summed E-state index contributed by atoms with van der Waals surface area (Å²) in [5.41, 5.74) is 0.462. The highest BCUT2D eigenvalue weighted by atomic mass is 16.3. The normalized spacial score (nSPS) is 13.2. The molecule has 1 amide bonds. The number of rotatable bonds is 3. The van der Waals surface area contributed by atoms with Crippen LogP contribution in [-0.2, 0) is 0 Å². The van der Waals surface area contributed by atoms with Crippen LogP contribution in [0, 0.1) is 5.41 Å². The van der Waals surface area contributed by atoms with E-state index in [2.05, 4.69) is 5.32 Å². The Morgan fingerprint density at radius 3 is 2.31 bits per heavy atom. The highest BCUT2D eigenvalue weighted by molar-refractivity contribution is 5.94. The van der Waals surface area contributed by atoms with Gasteiger partial charge in [0.2, 0.25) is 0 Å². The predicted molar refractivity (Wildman–Crippen MR) is 64.2 cm³/mol. The van der Waals surface area contributed by atoms with Gasteiger partial charge in [0, 0.05) is 5.56 Å². The minimum Gasteiger partial charge on any atom is -0.394 e. The minimum atomic E-state index is -0.236. The van der Waals surface area contributed by atoms with Crippen LogP contribution in [-0.4, -0.2) is 23.7 Å². The summed E-state index contributed by atoms with van der Waals surface area (Å²) in [6, 6.07) is 8.78. The van der Waals surface area contributed by atoms with Crippen molar-refractivity contribution in [2.45, 2.75) is 26.8 Å². The summed E-state index contributed by atoms with van der Waals surface area (Å²) in [5.74, 6) is -0.144. The van der Waals surface area contributed by atoms with Gasteiger partial charge in [0.1, 0.15) is 0 Å². The van der Waals surface area contributed by atoms with E-state index in [9.17, 15) is 9.90 Å². The highest BCUT2D eigenvalue weighted by Gasteiger charge is 2.25. The van der Waals surface area contributed by atoms with E-state index >= 15 is 0 Å². The van der Waals surface area contributed by atoms with Gasteiger partial charge in [-0.15, -0.1) is 0 Å². The van der Waals surface area contributed by atoms with E-state index < -0.39 is 0 Å². The van der Waals surface area contributed by atoms with Crippen molar-refractivity contribution in [3.8, 4) is 0 Å². The van der Waals surface area contributed by atoms with E-state index in [0.717, 1.165) is 0 Å². The number of hydrogen-bond donors (Lipinski definition) is 2. The topological polar surface area (TPSA) is 49.3 Å². The fraction of sp³-hybridized carbons (Fsp3) is 0.462. The van der Waals surface area contributed by atoms with Gasteiger partial charge < -0.3 is 10.4 Å². The van der Waals surface area contributed by atoms with E-state index in [4.69, 9.17) is 0 Å². The predicted octanol–water partition coefficient (Wildman–Crippen LogP) is 1.82. The van der Waals surface area contributed by atoms with E-state index in [1.807, 2.05) is 39.0 Å². The molecule has 0 aromatic heterocycles. The molecule has 0 saturated carbocycles. The first-order chi connectivity index (χ1) is 7.45. The zero-order chi connectivity index (χ0) is 12.2. The highest BCUT2D eigenvalue weighted by Crippen LogP contribution is 2.19. The Bertz CT molecular complexity index is 341. The van der Waals surface area contributed by atoms with Crippen molar-refractivity contribution in [1.82, 2.24) is 5.32 Å². The SMILES string of the molecule is CC(C)(C)[C@@H](CO)NC(=O)c1ccccc1. The molecule has 3 nitrogen and oxygen atoms in total. The molecule has 0 aliphatic heterocycles. The van der Waals surface area contributed by atoms with Gasteiger partial charge in [-0.05, 0) is 17.5 Å². The zero-order valence-corrected chi connectivity index (χ0v) is 10.0. The Kier molecular flexibility index (Phi) is 4.07. The van der Waals surface area contributed by atoms with E-state index in [1.165, 1.54) is 0 Å². The van der Waals surface area contributed by atoms with Crippen LogP contribution in [0.15, 0.2) is 30.3 Å². The molecule has 0 aliphatic carbocycles. The number of aliphatic hydroxyl groups excluding tert-OH is 1. The maximum atomic E-state index is 11.8. The molecule has 1 atom stereocenters. The molecule has 0 bridgehead atoms. The molecule has 88 valence electrons. The molecule has 2 N–H and O–H groups in total. The molecule has 1 aromatic rings. The molecule has 0 aliphatic rings. The van der Waals surface area contributed by atoms with Gasteiger partial charge >= 0.3 is 0 Å². The van der Waals surface area contributed by atoms with Crippen LogP contribution < -0.4 is 5.32 Å². The Morgan fingerprint density at radius 2 is 1.88 bits per heavy atom. The lowest BCUT2D eigenvalue weighted by Gasteiger charge is -2.29. The number of nitrogens with one attached hydrogen (secondary N) is 1. The van der Waals surface area contributed by atoms with Crippen molar-refractivity contribution < 1.29 is 9.90 Å². The average Bonchev–Trinajstić information content (AvgIpc) is 2.25. The summed E-state index contributed by atoms with van der Waals surface area (Å²) >= 11 is 0. The summed E-state index contributed by atoms with van der Waals surface area (Å²) < 4.78 is 0. The first kappa shape index (κ1) is 12.7. The third-order valence-corrected chi connectivity index (χ3v) is 2.57. The first-order valence-electron chi connectivity index (χ1n) is 5.42. The van der Waals surface area contributed by atoms with Crippen LogP contribution in [0.4, 0.5) is 0 Å². The fourth-order valence-corrected chi connectivity index (χ4v) is 1.37. The Balaban J connectivity index is 2.71. The minimum absolute atomic E-state index is 0.0535. The van der Waals surface area contributed by atoms with Gasteiger partial charge in [0.05, 0.1) is 12.6 Å². The Morgan fingerprint density at radius 1 is 1.31 bits per heavy atom. The van der Waals surface area contributed by atoms with Gasteiger partial charge in [-0.2, -0.15) is 0 Å². The zero-order valence-electron chi connectivity index (χ0n) is 10.0. The van der Waals surface area contributed by atoms with Gasteiger partial charge in [0.15, 0.2) is 0 Å². The maximum Gasteiger partial charge on any atom is 0.251 e. The number of benzene rings is 1. The molecule has 0 spiro atoms. The molecule has 0 unspecified atom stereocenters. The molecule has 1 aromatic carbocycles. The van der Waals surface area contributed by atoms with Crippen LogP contribution in [0.25, 0.3) is 0 Å². The van der Waals surface area contributed by atoms with Crippen molar-refractivity contribution in [3.63, 3.8) is 0 Å². The molecule has 0 fully saturated rings. The van der Waals surface area contributed by atoms with Gasteiger partial charge in [-0.1, -0.05) is 39.0 Å². The molecule has 16 heavy (non-hydrogen) atoms.